The Morgan fingerprint density at radius 2 is 2.00 bits per heavy atom. The van der Waals surface area contributed by atoms with E-state index in [-0.39, 0.29) is 6.03 Å². The van der Waals surface area contributed by atoms with Crippen LogP contribution in [0.3, 0.4) is 0 Å². The second kappa shape index (κ2) is 6.05. The number of rotatable bonds is 3. The molecule has 0 aromatic carbocycles. The highest BCUT2D eigenvalue weighted by Crippen LogP contribution is 2.31. The summed E-state index contributed by atoms with van der Waals surface area (Å²) < 4.78 is 0. The molecule has 0 saturated carbocycles. The van der Waals surface area contributed by atoms with Crippen LogP contribution in [0.25, 0.3) is 0 Å². The van der Waals surface area contributed by atoms with Crippen molar-refractivity contribution in [1.82, 2.24) is 10.2 Å². The number of aliphatic carboxylic acids is 1. The highest BCUT2D eigenvalue weighted by atomic mass is 32.1. The van der Waals surface area contributed by atoms with Crippen LogP contribution in [0.4, 0.5) is 4.79 Å². The van der Waals surface area contributed by atoms with E-state index in [2.05, 4.69) is 25.2 Å². The van der Waals surface area contributed by atoms with Gasteiger partial charge in [-0.25, -0.2) is 4.79 Å². The Bertz CT molecular complexity index is 526. The van der Waals surface area contributed by atoms with Crippen molar-refractivity contribution in [2.45, 2.75) is 40.2 Å². The van der Waals surface area contributed by atoms with E-state index in [1.165, 1.54) is 10.4 Å². The largest absolute Gasteiger partial charge is 0.481 e. The maximum absolute atomic E-state index is 12.1. The van der Waals surface area contributed by atoms with E-state index in [4.69, 9.17) is 0 Å². The number of likely N-dealkylation sites (tertiary alicyclic amines) is 1. The SMILES string of the molecule is Cc1cc(CNC(=O)N2CCC(C)(C(=O)O)CC2)sc1C. The molecule has 0 bridgehead atoms. The summed E-state index contributed by atoms with van der Waals surface area (Å²) in [5.41, 5.74) is 0.554. The van der Waals surface area contributed by atoms with E-state index in [1.54, 1.807) is 23.2 Å². The first kappa shape index (κ1) is 15.8. The van der Waals surface area contributed by atoms with Crippen LogP contribution in [0.2, 0.25) is 0 Å². The summed E-state index contributed by atoms with van der Waals surface area (Å²) in [6.07, 6.45) is 1.01. The standard InChI is InChI=1S/C15H22N2O3S/c1-10-8-12(21-11(10)2)9-16-14(20)17-6-4-15(3,5-7-17)13(18)19/h8H,4-7,9H2,1-3H3,(H,16,20)(H,18,19). The Morgan fingerprint density at radius 3 is 2.48 bits per heavy atom. The van der Waals surface area contributed by atoms with Crippen LogP contribution in [0, 0.1) is 19.3 Å². The zero-order valence-corrected chi connectivity index (χ0v) is 13.5. The van der Waals surface area contributed by atoms with E-state index in [0.717, 1.165) is 4.88 Å². The molecule has 0 unspecified atom stereocenters. The number of thiophene rings is 1. The fourth-order valence-corrected chi connectivity index (χ4v) is 3.42. The first-order valence-electron chi connectivity index (χ1n) is 7.14. The van der Waals surface area contributed by atoms with E-state index >= 15 is 0 Å². The van der Waals surface area contributed by atoms with E-state index in [0.29, 0.717) is 32.5 Å². The third-order valence-electron chi connectivity index (χ3n) is 4.30. The Morgan fingerprint density at radius 1 is 1.38 bits per heavy atom. The van der Waals surface area contributed by atoms with Gasteiger partial charge < -0.3 is 15.3 Å². The maximum atomic E-state index is 12.1. The number of piperidine rings is 1. The van der Waals surface area contributed by atoms with Crippen LogP contribution < -0.4 is 5.32 Å². The average Bonchev–Trinajstić information content (AvgIpc) is 2.76. The van der Waals surface area contributed by atoms with Crippen molar-refractivity contribution in [3.05, 3.63) is 21.4 Å². The van der Waals surface area contributed by atoms with Gasteiger partial charge >= 0.3 is 12.0 Å². The normalized spacial score (nSPS) is 17.6. The van der Waals surface area contributed by atoms with Gasteiger partial charge in [0, 0.05) is 22.8 Å². The molecule has 1 aromatic heterocycles. The molecule has 2 amide bonds. The molecular weight excluding hydrogens is 288 g/mol. The number of nitrogens with one attached hydrogen (secondary N) is 1. The number of urea groups is 1. The Kier molecular flexibility index (Phi) is 4.56. The fourth-order valence-electron chi connectivity index (χ4n) is 2.43. The lowest BCUT2D eigenvalue weighted by Crippen LogP contribution is -2.48. The lowest BCUT2D eigenvalue weighted by atomic mass is 9.80. The molecule has 2 rings (SSSR count). The molecule has 0 spiro atoms. The molecule has 0 atom stereocenters. The van der Waals surface area contributed by atoms with Crippen molar-refractivity contribution < 1.29 is 14.7 Å². The molecule has 0 aliphatic carbocycles. The van der Waals surface area contributed by atoms with Gasteiger partial charge in [-0.1, -0.05) is 0 Å². The van der Waals surface area contributed by atoms with Crippen LogP contribution in [0.5, 0.6) is 0 Å². The molecule has 1 saturated heterocycles. The first-order chi connectivity index (χ1) is 9.82. The average molecular weight is 310 g/mol. The molecule has 0 radical (unpaired) electrons. The number of amides is 2. The summed E-state index contributed by atoms with van der Waals surface area (Å²) in [5, 5.41) is 12.1. The number of carboxylic acids is 1. The lowest BCUT2D eigenvalue weighted by Gasteiger charge is -2.36. The smallest absolute Gasteiger partial charge is 0.317 e. The molecule has 2 N–H and O–H groups in total. The molecule has 116 valence electrons. The van der Waals surface area contributed by atoms with Crippen molar-refractivity contribution in [2.75, 3.05) is 13.1 Å². The third kappa shape index (κ3) is 3.56. The lowest BCUT2D eigenvalue weighted by molar-refractivity contribution is -0.150. The van der Waals surface area contributed by atoms with Crippen LogP contribution in [0.15, 0.2) is 6.07 Å². The Balaban J connectivity index is 1.84. The summed E-state index contributed by atoms with van der Waals surface area (Å²) in [4.78, 5) is 27.4. The molecule has 5 nitrogen and oxygen atoms in total. The third-order valence-corrected chi connectivity index (χ3v) is 5.45. The minimum Gasteiger partial charge on any atom is -0.481 e. The number of aryl methyl sites for hydroxylation is 2. The molecule has 1 fully saturated rings. The predicted octanol–water partition coefficient (Wildman–Crippen LogP) is 2.76. The number of carbonyl (C=O) groups excluding carboxylic acids is 1. The Labute approximate surface area is 129 Å². The molecule has 2 heterocycles. The van der Waals surface area contributed by atoms with Crippen LogP contribution in [0.1, 0.15) is 35.1 Å². The van der Waals surface area contributed by atoms with Crippen molar-refractivity contribution in [1.29, 1.82) is 0 Å². The van der Waals surface area contributed by atoms with Gasteiger partial charge in [0.25, 0.3) is 0 Å². The molecule has 1 aromatic rings. The maximum Gasteiger partial charge on any atom is 0.317 e. The second-order valence-corrected chi connectivity index (χ2v) is 7.30. The summed E-state index contributed by atoms with van der Waals surface area (Å²) in [6.45, 7) is 7.41. The highest BCUT2D eigenvalue weighted by molar-refractivity contribution is 7.12. The number of nitrogens with zero attached hydrogens (tertiary/aromatic N) is 1. The zero-order valence-electron chi connectivity index (χ0n) is 12.7. The molecule has 1 aliphatic heterocycles. The minimum absolute atomic E-state index is 0.105. The summed E-state index contributed by atoms with van der Waals surface area (Å²) in [6, 6.07) is 1.99. The van der Waals surface area contributed by atoms with Crippen molar-refractivity contribution >= 4 is 23.3 Å². The van der Waals surface area contributed by atoms with Crippen molar-refractivity contribution in [2.24, 2.45) is 5.41 Å². The van der Waals surface area contributed by atoms with Gasteiger partial charge in [-0.15, -0.1) is 11.3 Å². The second-order valence-electron chi connectivity index (χ2n) is 5.96. The molecule has 21 heavy (non-hydrogen) atoms. The van der Waals surface area contributed by atoms with E-state index < -0.39 is 11.4 Å². The van der Waals surface area contributed by atoms with Gasteiger partial charge in [0.15, 0.2) is 0 Å². The summed E-state index contributed by atoms with van der Waals surface area (Å²) >= 11 is 1.70. The van der Waals surface area contributed by atoms with Crippen LogP contribution in [-0.2, 0) is 11.3 Å². The molecule has 1 aliphatic rings. The number of hydrogen-bond acceptors (Lipinski definition) is 3. The monoisotopic (exact) mass is 310 g/mol. The van der Waals surface area contributed by atoms with Crippen molar-refractivity contribution in [3.8, 4) is 0 Å². The highest BCUT2D eigenvalue weighted by Gasteiger charge is 2.37. The van der Waals surface area contributed by atoms with Gasteiger partial charge in [0.05, 0.1) is 12.0 Å². The zero-order chi connectivity index (χ0) is 15.6. The van der Waals surface area contributed by atoms with Crippen LogP contribution >= 0.6 is 11.3 Å². The Hall–Kier alpha value is -1.56. The summed E-state index contributed by atoms with van der Waals surface area (Å²) in [5.74, 6) is -0.771. The van der Waals surface area contributed by atoms with E-state index in [1.807, 2.05) is 0 Å². The summed E-state index contributed by atoms with van der Waals surface area (Å²) in [7, 11) is 0. The first-order valence-corrected chi connectivity index (χ1v) is 7.95. The molecule has 6 heteroatoms. The minimum atomic E-state index is -0.771. The fraction of sp³-hybridized carbons (Fsp3) is 0.600. The predicted molar refractivity (Wildman–Crippen MR) is 82.6 cm³/mol. The van der Waals surface area contributed by atoms with Gasteiger partial charge in [-0.3, -0.25) is 4.79 Å². The molecular formula is C15H22N2O3S. The van der Waals surface area contributed by atoms with Gasteiger partial charge in [0.2, 0.25) is 0 Å². The van der Waals surface area contributed by atoms with Crippen molar-refractivity contribution in [3.63, 3.8) is 0 Å². The van der Waals surface area contributed by atoms with Gasteiger partial charge in [-0.2, -0.15) is 0 Å². The van der Waals surface area contributed by atoms with E-state index in [9.17, 15) is 14.7 Å². The number of hydrogen-bond donors (Lipinski definition) is 2. The number of carboxylic acid groups (broad SMARTS) is 1. The van der Waals surface area contributed by atoms with Gasteiger partial charge in [-0.05, 0) is 45.2 Å². The number of carbonyl (C=O) groups is 2. The topological polar surface area (TPSA) is 69.6 Å². The van der Waals surface area contributed by atoms with Gasteiger partial charge in [0.1, 0.15) is 0 Å². The van der Waals surface area contributed by atoms with Crippen LogP contribution in [-0.4, -0.2) is 35.1 Å². The quantitative estimate of drug-likeness (QED) is 0.902.